The number of anilines is 3. The van der Waals surface area contributed by atoms with Gasteiger partial charge in [-0.3, -0.25) is 19.3 Å². The van der Waals surface area contributed by atoms with Gasteiger partial charge in [-0.05, 0) is 73.5 Å². The minimum Gasteiger partial charge on any atom is -0.439 e. The molecule has 3 aromatic carbocycles. The molecule has 5 rings (SSSR count). The Balaban J connectivity index is 1.21. The molecule has 11 nitrogen and oxygen atoms in total. The van der Waals surface area contributed by atoms with Crippen LogP contribution in [0.1, 0.15) is 29.3 Å². The molecule has 4 N–H and O–H groups in total. The molecule has 1 aliphatic rings. The van der Waals surface area contributed by atoms with Crippen molar-refractivity contribution in [3.63, 3.8) is 0 Å². The molecule has 234 valence electrons. The lowest BCUT2D eigenvalue weighted by molar-refractivity contribution is 0.0996. The van der Waals surface area contributed by atoms with E-state index in [1.165, 1.54) is 12.1 Å². The number of para-hydroxylation sites is 1. The van der Waals surface area contributed by atoms with Crippen molar-refractivity contribution in [1.29, 1.82) is 0 Å². The number of carbonyl (C=O) groups excluding carboxylic acids is 2. The number of urea groups is 1. The van der Waals surface area contributed by atoms with E-state index in [-0.39, 0.29) is 23.0 Å². The first-order valence-corrected chi connectivity index (χ1v) is 16.0. The quantitative estimate of drug-likeness (QED) is 0.206. The van der Waals surface area contributed by atoms with Crippen LogP contribution in [-0.4, -0.2) is 55.1 Å². The van der Waals surface area contributed by atoms with Crippen LogP contribution in [0, 0.1) is 5.82 Å². The number of pyridine rings is 1. The van der Waals surface area contributed by atoms with Gasteiger partial charge in [0, 0.05) is 49.0 Å². The molecule has 2 heterocycles. The number of amides is 3. The predicted octanol–water partition coefficient (Wildman–Crippen LogP) is 5.19. The van der Waals surface area contributed by atoms with Crippen molar-refractivity contribution >= 4 is 39.0 Å². The predicted molar refractivity (Wildman–Crippen MR) is 170 cm³/mol. The van der Waals surface area contributed by atoms with Gasteiger partial charge in [-0.15, -0.1) is 0 Å². The molecule has 4 aromatic rings. The van der Waals surface area contributed by atoms with Crippen LogP contribution in [0.5, 0.6) is 11.6 Å². The van der Waals surface area contributed by atoms with Crippen molar-refractivity contribution in [2.24, 2.45) is 5.73 Å². The molecule has 1 aliphatic heterocycles. The SMILES string of the molecule is CCS(=O)(=O)Nc1ccc(Oc2ccc(CN3CC[C@@H](N(C(=O)Nc4ccc(F)c(C(N)=O)c4)c4ccccc4)C3)cn2)cc1. The second-order valence-corrected chi connectivity index (χ2v) is 12.5. The van der Waals surface area contributed by atoms with Gasteiger partial charge in [0.05, 0.1) is 17.4 Å². The largest absolute Gasteiger partial charge is 0.439 e. The van der Waals surface area contributed by atoms with E-state index in [0.29, 0.717) is 36.1 Å². The number of benzene rings is 3. The fourth-order valence-electron chi connectivity index (χ4n) is 5.01. The summed E-state index contributed by atoms with van der Waals surface area (Å²) in [6.07, 6.45) is 2.45. The summed E-state index contributed by atoms with van der Waals surface area (Å²) in [4.78, 5) is 33.5. The number of nitrogens with one attached hydrogen (secondary N) is 2. The lowest BCUT2D eigenvalue weighted by Crippen LogP contribution is -2.44. The van der Waals surface area contributed by atoms with Crippen LogP contribution in [0.15, 0.2) is 91.1 Å². The fourth-order valence-corrected chi connectivity index (χ4v) is 5.65. The first-order valence-electron chi connectivity index (χ1n) is 14.3. The Morgan fingerprint density at radius 3 is 2.44 bits per heavy atom. The Morgan fingerprint density at radius 1 is 1.04 bits per heavy atom. The van der Waals surface area contributed by atoms with E-state index in [1.807, 2.05) is 36.4 Å². The van der Waals surface area contributed by atoms with Gasteiger partial charge in [-0.25, -0.2) is 22.6 Å². The van der Waals surface area contributed by atoms with Crippen LogP contribution in [0.4, 0.5) is 26.2 Å². The van der Waals surface area contributed by atoms with Gasteiger partial charge < -0.3 is 15.8 Å². The van der Waals surface area contributed by atoms with Gasteiger partial charge in [-0.1, -0.05) is 24.3 Å². The number of aromatic nitrogens is 1. The molecule has 45 heavy (non-hydrogen) atoms. The molecule has 0 unspecified atom stereocenters. The van der Waals surface area contributed by atoms with E-state index in [1.54, 1.807) is 48.4 Å². The molecule has 0 spiro atoms. The lowest BCUT2D eigenvalue weighted by Gasteiger charge is -2.29. The zero-order valence-corrected chi connectivity index (χ0v) is 25.3. The summed E-state index contributed by atoms with van der Waals surface area (Å²) in [7, 11) is -3.36. The molecular formula is C32H33FN6O5S. The van der Waals surface area contributed by atoms with Crippen LogP contribution in [0.25, 0.3) is 0 Å². The fraction of sp³-hybridized carbons (Fsp3) is 0.219. The van der Waals surface area contributed by atoms with Gasteiger partial charge in [0.25, 0.3) is 5.91 Å². The highest BCUT2D eigenvalue weighted by atomic mass is 32.2. The van der Waals surface area contributed by atoms with Crippen LogP contribution in [-0.2, 0) is 16.6 Å². The van der Waals surface area contributed by atoms with Gasteiger partial charge in [0.1, 0.15) is 11.6 Å². The number of hydrogen-bond donors (Lipinski definition) is 3. The van der Waals surface area contributed by atoms with Gasteiger partial charge in [0.15, 0.2) is 0 Å². The van der Waals surface area contributed by atoms with Crippen LogP contribution < -0.4 is 25.4 Å². The smallest absolute Gasteiger partial charge is 0.326 e. The Kier molecular flexibility index (Phi) is 9.59. The maximum absolute atomic E-state index is 14.0. The maximum Gasteiger partial charge on any atom is 0.326 e. The van der Waals surface area contributed by atoms with E-state index < -0.39 is 27.8 Å². The molecule has 0 radical (unpaired) electrons. The van der Waals surface area contributed by atoms with Gasteiger partial charge >= 0.3 is 6.03 Å². The number of hydrogen-bond acceptors (Lipinski definition) is 7. The van der Waals surface area contributed by atoms with Gasteiger partial charge in [0.2, 0.25) is 15.9 Å². The Labute approximate surface area is 260 Å². The molecule has 13 heteroatoms. The number of halogens is 1. The summed E-state index contributed by atoms with van der Waals surface area (Å²) in [5.41, 5.74) is 7.36. The molecular weight excluding hydrogens is 599 g/mol. The second kappa shape index (κ2) is 13.7. The number of nitrogens with two attached hydrogens (primary N) is 1. The molecule has 1 atom stereocenters. The number of carbonyl (C=O) groups is 2. The minimum atomic E-state index is -3.36. The highest BCUT2D eigenvalue weighted by Gasteiger charge is 2.32. The average Bonchev–Trinajstić information content (AvgIpc) is 3.48. The Morgan fingerprint density at radius 2 is 1.78 bits per heavy atom. The van der Waals surface area contributed by atoms with Crippen molar-refractivity contribution in [3.05, 3.63) is 108 Å². The summed E-state index contributed by atoms with van der Waals surface area (Å²) in [6.45, 7) is 3.53. The number of rotatable bonds is 11. The normalized spacial score (nSPS) is 14.9. The number of nitrogens with zero attached hydrogens (tertiary/aromatic N) is 3. The number of primary amides is 1. The zero-order valence-electron chi connectivity index (χ0n) is 24.5. The molecule has 0 saturated carbocycles. The van der Waals surface area contributed by atoms with E-state index in [9.17, 15) is 22.4 Å². The number of ether oxygens (including phenoxy) is 1. The second-order valence-electron chi connectivity index (χ2n) is 10.5. The molecule has 1 saturated heterocycles. The molecule has 3 amide bonds. The number of sulfonamides is 1. The minimum absolute atomic E-state index is 0.0158. The van der Waals surface area contributed by atoms with Crippen molar-refractivity contribution in [1.82, 2.24) is 9.88 Å². The topological polar surface area (TPSA) is 147 Å². The zero-order chi connectivity index (χ0) is 32.0. The van der Waals surface area contributed by atoms with Crippen LogP contribution in [0.3, 0.4) is 0 Å². The summed E-state index contributed by atoms with van der Waals surface area (Å²) < 4.78 is 45.8. The Hall–Kier alpha value is -5.01. The third-order valence-electron chi connectivity index (χ3n) is 7.28. The summed E-state index contributed by atoms with van der Waals surface area (Å²) in [5.74, 6) is -0.778. The van der Waals surface area contributed by atoms with Crippen LogP contribution in [0.2, 0.25) is 0 Å². The van der Waals surface area contributed by atoms with Crippen LogP contribution >= 0.6 is 0 Å². The van der Waals surface area contributed by atoms with E-state index in [4.69, 9.17) is 10.5 Å². The molecule has 1 aromatic heterocycles. The maximum atomic E-state index is 14.0. The highest BCUT2D eigenvalue weighted by Crippen LogP contribution is 2.27. The van der Waals surface area contributed by atoms with E-state index in [0.717, 1.165) is 24.6 Å². The third kappa shape index (κ3) is 8.13. The number of likely N-dealkylation sites (tertiary alicyclic amines) is 1. The lowest BCUT2D eigenvalue weighted by atomic mass is 10.1. The van der Waals surface area contributed by atoms with Crippen molar-refractivity contribution in [3.8, 4) is 11.6 Å². The molecule has 0 bridgehead atoms. The monoisotopic (exact) mass is 632 g/mol. The highest BCUT2D eigenvalue weighted by molar-refractivity contribution is 7.92. The first kappa shape index (κ1) is 31.4. The summed E-state index contributed by atoms with van der Waals surface area (Å²) in [5, 5.41) is 2.79. The van der Waals surface area contributed by atoms with Crippen molar-refractivity contribution in [2.45, 2.75) is 25.9 Å². The van der Waals surface area contributed by atoms with Crippen molar-refractivity contribution in [2.75, 3.05) is 33.8 Å². The third-order valence-corrected chi connectivity index (χ3v) is 8.59. The summed E-state index contributed by atoms with van der Waals surface area (Å²) in [6, 6.07) is 22.7. The van der Waals surface area contributed by atoms with Crippen molar-refractivity contribution < 1.29 is 27.1 Å². The standard InChI is InChI=1S/C32H33FN6O5S/c1-2-45(42,43)37-23-9-12-27(13-10-23)44-30-15-8-22(19-35-30)20-38-17-16-26(21-38)39(25-6-4-3-5-7-25)32(41)36-24-11-14-29(33)28(18-24)31(34)40/h3-15,18-19,26,37H,2,16-17,20-21H2,1H3,(H2,34,40)(H,36,41)/t26-/m1/s1. The van der Waals surface area contributed by atoms with E-state index >= 15 is 0 Å². The van der Waals surface area contributed by atoms with E-state index in [2.05, 4.69) is 19.9 Å². The first-order chi connectivity index (χ1) is 21.6. The summed E-state index contributed by atoms with van der Waals surface area (Å²) >= 11 is 0. The average molecular weight is 633 g/mol. The van der Waals surface area contributed by atoms with Gasteiger partial charge in [-0.2, -0.15) is 0 Å². The molecule has 0 aliphatic carbocycles. The molecule has 1 fully saturated rings. The Bertz CT molecular complexity index is 1760.